The van der Waals surface area contributed by atoms with E-state index in [1.165, 1.54) is 12.1 Å². The van der Waals surface area contributed by atoms with Gasteiger partial charge in [-0.3, -0.25) is 4.79 Å². The van der Waals surface area contributed by atoms with Crippen molar-refractivity contribution in [1.29, 1.82) is 0 Å². The van der Waals surface area contributed by atoms with Crippen LogP contribution in [0.3, 0.4) is 0 Å². The molecule has 2 aromatic rings. The molecule has 0 radical (unpaired) electrons. The van der Waals surface area contributed by atoms with Gasteiger partial charge in [0.2, 0.25) is 15.2 Å². The maximum absolute atomic E-state index is 12.1. The molecule has 1 amide bonds. The Bertz CT molecular complexity index is 1050. The zero-order valence-electron chi connectivity index (χ0n) is 13.7. The number of hydrogen-bond acceptors (Lipinski definition) is 4. The first-order valence-corrected chi connectivity index (χ1v) is 9.55. The number of halogens is 1. The second kappa shape index (κ2) is 6.97. The number of para-hydroxylation sites is 1. The van der Waals surface area contributed by atoms with Gasteiger partial charge in [0.15, 0.2) is 5.69 Å². The lowest BCUT2D eigenvalue weighted by molar-refractivity contribution is 0.0992. The second-order valence-corrected chi connectivity index (χ2v) is 7.74. The molecule has 1 atom stereocenters. The number of benzene rings is 2. The van der Waals surface area contributed by atoms with Crippen molar-refractivity contribution in [2.24, 2.45) is 15.5 Å². The molecule has 0 spiro atoms. The van der Waals surface area contributed by atoms with Gasteiger partial charge in [-0.05, 0) is 31.2 Å². The third-order valence-corrected chi connectivity index (χ3v) is 5.32. The first-order valence-electron chi connectivity index (χ1n) is 7.63. The van der Waals surface area contributed by atoms with Gasteiger partial charge in [-0.2, -0.15) is 0 Å². The van der Waals surface area contributed by atoms with E-state index >= 15 is 0 Å². The van der Waals surface area contributed by atoms with Gasteiger partial charge in [0, 0.05) is 17.5 Å². The highest BCUT2D eigenvalue weighted by Gasteiger charge is 2.33. The van der Waals surface area contributed by atoms with Crippen LogP contribution in [0.2, 0.25) is 5.02 Å². The molecule has 0 aliphatic carbocycles. The predicted molar refractivity (Wildman–Crippen MR) is 96.2 cm³/mol. The number of nitrogens with two attached hydrogens (primary N) is 1. The van der Waals surface area contributed by atoms with Gasteiger partial charge in [0.05, 0.1) is 15.0 Å². The fraction of sp³-hybridized carbons (Fsp3) is 0.188. The van der Waals surface area contributed by atoms with E-state index in [-0.39, 0.29) is 21.5 Å². The minimum atomic E-state index is -4.05. The molecular formula is C16H15ClN5O3S+. The number of nitrogens with zero attached hydrogens (tertiary/aromatic N) is 4. The normalized spacial score (nSPS) is 16.0. The molecule has 0 fully saturated rings. The summed E-state index contributed by atoms with van der Waals surface area (Å²) in [6.07, 6.45) is 0.818. The number of primary sulfonamides is 1. The standard InChI is InChI=1S/C16H15ClN5O3S/c1-10-8-11-4-2-3-5-14(11)22(10)21-20-19-16(23)12-6-7-13(17)15(9-12)26(18,24)25/h2-7,9-10H,8H2,1H3,(H2,18,24,25)/q+1. The van der Waals surface area contributed by atoms with Crippen molar-refractivity contribution in [3.05, 3.63) is 58.6 Å². The SMILES string of the molecule is CC1Cc2ccccc2N1N=[N+]=NC(=O)c1ccc(Cl)c(S(N)(=O)=O)c1. The summed E-state index contributed by atoms with van der Waals surface area (Å²) in [6.45, 7) is 1.98. The first-order chi connectivity index (χ1) is 12.3. The van der Waals surface area contributed by atoms with Crippen molar-refractivity contribution in [2.45, 2.75) is 24.3 Å². The molecule has 26 heavy (non-hydrogen) atoms. The molecule has 1 unspecified atom stereocenters. The van der Waals surface area contributed by atoms with E-state index in [4.69, 9.17) is 16.7 Å². The number of carbonyl (C=O) groups excluding carboxylic acids is 1. The molecule has 1 aliphatic heterocycles. The van der Waals surface area contributed by atoms with E-state index in [9.17, 15) is 13.2 Å². The molecule has 8 nitrogen and oxygen atoms in total. The van der Waals surface area contributed by atoms with Gasteiger partial charge in [-0.25, -0.2) is 13.6 Å². The topological polar surface area (TPSA) is 119 Å². The van der Waals surface area contributed by atoms with Crippen molar-refractivity contribution in [2.75, 3.05) is 5.01 Å². The average Bonchev–Trinajstić information content (AvgIpc) is 2.90. The number of rotatable bonds is 3. The number of hydrogen-bond donors (Lipinski definition) is 1. The Morgan fingerprint density at radius 3 is 2.77 bits per heavy atom. The van der Waals surface area contributed by atoms with Crippen LogP contribution in [-0.4, -0.2) is 20.4 Å². The lowest BCUT2D eigenvalue weighted by atomic mass is 10.1. The molecule has 10 heteroatoms. The molecule has 0 aromatic heterocycles. The Hall–Kier alpha value is -2.58. The third kappa shape index (κ3) is 3.66. The molecule has 3 rings (SSSR count). The molecule has 0 bridgehead atoms. The Kier molecular flexibility index (Phi) is 4.88. The predicted octanol–water partition coefficient (Wildman–Crippen LogP) is 2.47. The highest BCUT2D eigenvalue weighted by molar-refractivity contribution is 7.89. The fourth-order valence-electron chi connectivity index (χ4n) is 2.70. The van der Waals surface area contributed by atoms with Crippen LogP contribution in [0, 0.1) is 0 Å². The molecular weight excluding hydrogens is 378 g/mol. The molecule has 2 N–H and O–H groups in total. The van der Waals surface area contributed by atoms with Crippen molar-refractivity contribution in [1.82, 2.24) is 4.91 Å². The van der Waals surface area contributed by atoms with E-state index < -0.39 is 15.9 Å². The summed E-state index contributed by atoms with van der Waals surface area (Å²) in [5, 5.41) is 14.2. The number of sulfonamides is 1. The monoisotopic (exact) mass is 392 g/mol. The van der Waals surface area contributed by atoms with Crippen molar-refractivity contribution in [3.63, 3.8) is 0 Å². The molecule has 1 heterocycles. The summed E-state index contributed by atoms with van der Waals surface area (Å²) in [6, 6.07) is 11.5. The van der Waals surface area contributed by atoms with E-state index in [2.05, 4.69) is 15.2 Å². The van der Waals surface area contributed by atoms with Crippen LogP contribution >= 0.6 is 11.6 Å². The summed E-state index contributed by atoms with van der Waals surface area (Å²) in [5.41, 5.74) is 2.04. The number of carbonyl (C=O) groups is 1. The van der Waals surface area contributed by atoms with Gasteiger partial charge in [0.25, 0.3) is 0 Å². The Balaban J connectivity index is 1.86. The Morgan fingerprint density at radius 2 is 2.04 bits per heavy atom. The highest BCUT2D eigenvalue weighted by atomic mass is 35.5. The lowest BCUT2D eigenvalue weighted by Gasteiger charge is -2.04. The van der Waals surface area contributed by atoms with Gasteiger partial charge in [-0.1, -0.05) is 29.8 Å². The van der Waals surface area contributed by atoms with Crippen LogP contribution in [-0.2, 0) is 16.4 Å². The maximum Gasteiger partial charge on any atom is 0.335 e. The van der Waals surface area contributed by atoms with Crippen LogP contribution in [0.1, 0.15) is 22.8 Å². The zero-order valence-corrected chi connectivity index (χ0v) is 15.3. The minimum Gasteiger partial charge on any atom is -0.261 e. The van der Waals surface area contributed by atoms with Crippen LogP contribution in [0.5, 0.6) is 0 Å². The lowest BCUT2D eigenvalue weighted by Crippen LogP contribution is -2.23. The van der Waals surface area contributed by atoms with Gasteiger partial charge in [0.1, 0.15) is 10.9 Å². The average molecular weight is 393 g/mol. The van der Waals surface area contributed by atoms with Crippen molar-refractivity contribution in [3.8, 4) is 0 Å². The molecule has 0 saturated carbocycles. The second-order valence-electron chi connectivity index (χ2n) is 5.80. The summed E-state index contributed by atoms with van der Waals surface area (Å²) in [4.78, 5) is 15.4. The molecule has 2 aromatic carbocycles. The minimum absolute atomic E-state index is 0.00718. The largest absolute Gasteiger partial charge is 0.335 e. The van der Waals surface area contributed by atoms with E-state index in [0.29, 0.717) is 0 Å². The quantitative estimate of drug-likeness (QED) is 0.637. The summed E-state index contributed by atoms with van der Waals surface area (Å²) in [5.74, 6) is -0.754. The van der Waals surface area contributed by atoms with E-state index in [0.717, 1.165) is 23.7 Å². The van der Waals surface area contributed by atoms with Crippen molar-refractivity contribution >= 4 is 33.2 Å². The van der Waals surface area contributed by atoms with Crippen LogP contribution < -0.4 is 15.1 Å². The fourth-order valence-corrected chi connectivity index (χ4v) is 3.77. The number of anilines is 1. The van der Waals surface area contributed by atoms with Crippen molar-refractivity contribution < 1.29 is 13.2 Å². The Morgan fingerprint density at radius 1 is 1.31 bits per heavy atom. The zero-order chi connectivity index (χ0) is 18.9. The van der Waals surface area contributed by atoms with Gasteiger partial charge < -0.3 is 0 Å². The summed E-state index contributed by atoms with van der Waals surface area (Å²) in [7, 11) is -4.05. The molecule has 0 saturated heterocycles. The molecule has 134 valence electrons. The van der Waals surface area contributed by atoms with Crippen LogP contribution in [0.25, 0.3) is 0 Å². The smallest absolute Gasteiger partial charge is 0.261 e. The van der Waals surface area contributed by atoms with Gasteiger partial charge in [-0.15, -0.1) is 5.01 Å². The summed E-state index contributed by atoms with van der Waals surface area (Å²) >= 11 is 5.79. The van der Waals surface area contributed by atoms with Crippen LogP contribution in [0.15, 0.2) is 57.7 Å². The number of fused-ring (bicyclic) bond motifs is 1. The first kappa shape index (κ1) is 18.2. The third-order valence-electron chi connectivity index (χ3n) is 3.93. The van der Waals surface area contributed by atoms with Crippen LogP contribution in [0.4, 0.5) is 5.69 Å². The Labute approximate surface area is 155 Å². The van der Waals surface area contributed by atoms with E-state index in [1.807, 2.05) is 31.2 Å². The summed E-state index contributed by atoms with van der Waals surface area (Å²) < 4.78 is 22.9. The maximum atomic E-state index is 12.1. The molecule has 1 aliphatic rings. The highest BCUT2D eigenvalue weighted by Crippen LogP contribution is 2.31. The number of amides is 1. The van der Waals surface area contributed by atoms with E-state index in [1.54, 1.807) is 5.01 Å². The van der Waals surface area contributed by atoms with Gasteiger partial charge >= 0.3 is 5.91 Å².